The number of piperidine rings is 1. The molecule has 1 atom stereocenters. The smallest absolute Gasteiger partial charge is 0.254 e. The van der Waals surface area contributed by atoms with Gasteiger partial charge in [0.05, 0.1) is 23.1 Å². The normalized spacial score (nSPS) is 17.0. The van der Waals surface area contributed by atoms with Crippen molar-refractivity contribution < 1.29 is 4.79 Å². The third-order valence-corrected chi connectivity index (χ3v) is 4.84. The van der Waals surface area contributed by atoms with E-state index in [-0.39, 0.29) is 24.2 Å². The minimum atomic E-state index is -0.0532. The molecule has 1 aromatic heterocycles. The molecule has 3 rings (SSSR count). The molecule has 1 aliphatic rings. The maximum Gasteiger partial charge on any atom is 0.254 e. The number of amides is 1. The van der Waals surface area contributed by atoms with Crippen LogP contribution in [-0.4, -0.2) is 35.3 Å². The summed E-state index contributed by atoms with van der Waals surface area (Å²) < 4.78 is 1.81. The fourth-order valence-electron chi connectivity index (χ4n) is 3.33. The highest BCUT2D eigenvalue weighted by Gasteiger charge is 2.22. The van der Waals surface area contributed by atoms with Gasteiger partial charge in [0.25, 0.3) is 5.91 Å². The summed E-state index contributed by atoms with van der Waals surface area (Å²) >= 11 is 6.11. The van der Waals surface area contributed by atoms with Gasteiger partial charge in [-0.2, -0.15) is 5.10 Å². The van der Waals surface area contributed by atoms with Gasteiger partial charge in [0.2, 0.25) is 0 Å². The lowest BCUT2D eigenvalue weighted by Gasteiger charge is -2.23. The van der Waals surface area contributed by atoms with E-state index in [1.54, 1.807) is 6.20 Å². The van der Waals surface area contributed by atoms with Gasteiger partial charge >= 0.3 is 0 Å². The van der Waals surface area contributed by atoms with E-state index in [1.165, 1.54) is 6.42 Å². The fraction of sp³-hybridized carbons (Fsp3) is 0.474. The lowest BCUT2D eigenvalue weighted by Crippen LogP contribution is -2.38. The van der Waals surface area contributed by atoms with Gasteiger partial charge in [0.1, 0.15) is 0 Å². The van der Waals surface area contributed by atoms with Crippen molar-refractivity contribution in [1.29, 1.82) is 0 Å². The molecule has 0 saturated carbocycles. The molecule has 2 aromatic rings. The summed E-state index contributed by atoms with van der Waals surface area (Å²) in [6.45, 7) is 6.89. The number of benzene rings is 1. The van der Waals surface area contributed by atoms with Crippen molar-refractivity contribution in [2.45, 2.75) is 32.6 Å². The molecular formula is C19H26Cl2N4O. The molecule has 142 valence electrons. The lowest BCUT2D eigenvalue weighted by molar-refractivity contribution is 0.0943. The van der Waals surface area contributed by atoms with Crippen molar-refractivity contribution in [3.05, 3.63) is 46.7 Å². The van der Waals surface area contributed by atoms with Crippen LogP contribution in [0, 0.1) is 5.92 Å². The van der Waals surface area contributed by atoms with E-state index < -0.39 is 0 Å². The number of rotatable bonds is 5. The summed E-state index contributed by atoms with van der Waals surface area (Å²) in [5.74, 6) is 0.615. The maximum absolute atomic E-state index is 12.7. The molecule has 1 saturated heterocycles. The van der Waals surface area contributed by atoms with Crippen molar-refractivity contribution >= 4 is 29.9 Å². The average Bonchev–Trinajstić information content (AvgIpc) is 3.06. The number of carbonyl (C=O) groups excluding carboxylic acids is 1. The van der Waals surface area contributed by atoms with Gasteiger partial charge in [-0.3, -0.25) is 4.79 Å². The predicted molar refractivity (Wildman–Crippen MR) is 108 cm³/mol. The van der Waals surface area contributed by atoms with Crippen LogP contribution >= 0.6 is 24.0 Å². The van der Waals surface area contributed by atoms with Gasteiger partial charge in [0, 0.05) is 11.6 Å². The largest absolute Gasteiger partial charge is 0.352 e. The zero-order chi connectivity index (χ0) is 17.8. The van der Waals surface area contributed by atoms with Crippen LogP contribution in [0.15, 0.2) is 30.5 Å². The molecule has 1 amide bonds. The molecule has 26 heavy (non-hydrogen) atoms. The molecule has 1 aromatic carbocycles. The maximum atomic E-state index is 12.7. The lowest BCUT2D eigenvalue weighted by atomic mass is 9.99. The van der Waals surface area contributed by atoms with Crippen LogP contribution in [0.25, 0.3) is 5.69 Å². The van der Waals surface area contributed by atoms with Crippen LogP contribution in [0.5, 0.6) is 0 Å². The van der Waals surface area contributed by atoms with E-state index in [0.717, 1.165) is 30.9 Å². The van der Waals surface area contributed by atoms with Crippen LogP contribution in [0.2, 0.25) is 5.02 Å². The van der Waals surface area contributed by atoms with Crippen LogP contribution in [0.3, 0.4) is 0 Å². The Labute approximate surface area is 165 Å². The summed E-state index contributed by atoms with van der Waals surface area (Å²) in [4.78, 5) is 12.7. The first kappa shape index (κ1) is 20.7. The topological polar surface area (TPSA) is 59.0 Å². The predicted octanol–water partition coefficient (Wildman–Crippen LogP) is 3.80. The highest BCUT2D eigenvalue weighted by Crippen LogP contribution is 2.24. The molecule has 1 fully saturated rings. The van der Waals surface area contributed by atoms with Gasteiger partial charge in [-0.25, -0.2) is 4.68 Å². The second kappa shape index (κ2) is 9.40. The summed E-state index contributed by atoms with van der Waals surface area (Å²) in [7, 11) is 0. The third kappa shape index (κ3) is 4.78. The molecule has 0 radical (unpaired) electrons. The Kier molecular flexibility index (Phi) is 7.50. The number of hydrogen-bond donors (Lipinski definition) is 2. The van der Waals surface area contributed by atoms with Crippen molar-refractivity contribution in [3.8, 4) is 5.69 Å². The average molecular weight is 397 g/mol. The van der Waals surface area contributed by atoms with Gasteiger partial charge in [0.15, 0.2) is 0 Å². The monoisotopic (exact) mass is 396 g/mol. The quantitative estimate of drug-likeness (QED) is 0.807. The Morgan fingerprint density at radius 1 is 1.46 bits per heavy atom. The summed E-state index contributed by atoms with van der Waals surface area (Å²) in [6.07, 6.45) is 3.99. The van der Waals surface area contributed by atoms with E-state index in [4.69, 9.17) is 11.6 Å². The number of nitrogens with zero attached hydrogens (tertiary/aromatic N) is 2. The van der Waals surface area contributed by atoms with Gasteiger partial charge in [-0.1, -0.05) is 31.5 Å². The molecule has 2 heterocycles. The molecule has 1 unspecified atom stereocenters. The van der Waals surface area contributed by atoms with Crippen molar-refractivity contribution in [3.63, 3.8) is 0 Å². The van der Waals surface area contributed by atoms with E-state index in [9.17, 15) is 4.79 Å². The van der Waals surface area contributed by atoms with Crippen molar-refractivity contribution in [2.75, 3.05) is 19.6 Å². The Morgan fingerprint density at radius 2 is 2.27 bits per heavy atom. The molecule has 1 aliphatic heterocycles. The molecule has 0 spiro atoms. The molecular weight excluding hydrogens is 371 g/mol. The van der Waals surface area contributed by atoms with Gasteiger partial charge in [-0.15, -0.1) is 12.4 Å². The Morgan fingerprint density at radius 3 is 2.92 bits per heavy atom. The highest BCUT2D eigenvalue weighted by molar-refractivity contribution is 6.30. The summed E-state index contributed by atoms with van der Waals surface area (Å²) in [6, 6.07) is 7.52. The zero-order valence-corrected chi connectivity index (χ0v) is 16.7. The first-order valence-electron chi connectivity index (χ1n) is 8.89. The first-order chi connectivity index (χ1) is 12.1. The van der Waals surface area contributed by atoms with E-state index in [1.807, 2.05) is 28.9 Å². The molecule has 5 nitrogen and oxygen atoms in total. The highest BCUT2D eigenvalue weighted by atomic mass is 35.5. The Balaban J connectivity index is 0.00000243. The zero-order valence-electron chi connectivity index (χ0n) is 15.2. The second-order valence-electron chi connectivity index (χ2n) is 6.91. The van der Waals surface area contributed by atoms with Gasteiger partial charge < -0.3 is 10.6 Å². The number of hydrogen-bond acceptors (Lipinski definition) is 3. The number of nitrogens with one attached hydrogen (secondary N) is 2. The number of aromatic nitrogens is 2. The Hall–Kier alpha value is -1.56. The second-order valence-corrected chi connectivity index (χ2v) is 7.35. The number of carbonyl (C=O) groups is 1. The van der Waals surface area contributed by atoms with Crippen molar-refractivity contribution in [1.82, 2.24) is 20.4 Å². The minimum Gasteiger partial charge on any atom is -0.352 e. The third-order valence-electron chi connectivity index (χ3n) is 4.60. The number of halogens is 2. The summed E-state index contributed by atoms with van der Waals surface area (Å²) in [5.41, 5.74) is 2.41. The SMILES string of the molecule is CC(C)c1c(C(=O)NCC2CCCNC2)cnn1-c1cccc(Cl)c1.Cl. The molecule has 0 aliphatic carbocycles. The minimum absolute atomic E-state index is 0. The Bertz CT molecular complexity index is 739. The van der Waals surface area contributed by atoms with E-state index >= 15 is 0 Å². The fourth-order valence-corrected chi connectivity index (χ4v) is 3.52. The van der Waals surface area contributed by atoms with Gasteiger partial charge in [-0.05, 0) is 56.0 Å². The summed E-state index contributed by atoms with van der Waals surface area (Å²) in [5, 5.41) is 11.6. The molecule has 2 N–H and O–H groups in total. The first-order valence-corrected chi connectivity index (χ1v) is 9.27. The van der Waals surface area contributed by atoms with Crippen LogP contribution in [0.1, 0.15) is 48.7 Å². The molecule has 0 bridgehead atoms. The van der Waals surface area contributed by atoms with Crippen LogP contribution in [-0.2, 0) is 0 Å². The van der Waals surface area contributed by atoms with E-state index in [2.05, 4.69) is 29.6 Å². The van der Waals surface area contributed by atoms with Crippen LogP contribution < -0.4 is 10.6 Å². The van der Waals surface area contributed by atoms with Crippen LogP contribution in [0.4, 0.5) is 0 Å². The standard InChI is InChI=1S/C19H25ClN4O.ClH/c1-13(2)18-17(19(25)22-11-14-5-4-8-21-10-14)12-23-24(18)16-7-3-6-15(20)9-16;/h3,6-7,9,12-14,21H,4-5,8,10-11H2,1-2H3,(H,22,25);1H. The van der Waals surface area contributed by atoms with Crippen molar-refractivity contribution in [2.24, 2.45) is 5.92 Å². The molecule has 7 heteroatoms. The van der Waals surface area contributed by atoms with E-state index in [0.29, 0.717) is 23.0 Å².